The van der Waals surface area contributed by atoms with E-state index in [1.165, 1.54) is 0 Å². The molecule has 3 heterocycles. The Morgan fingerprint density at radius 1 is 1.33 bits per heavy atom. The lowest BCUT2D eigenvalue weighted by Gasteiger charge is -2.22. The number of nitrogens with one attached hydrogen (secondary N) is 2. The largest absolute Gasteiger partial charge is 0.497 e. The summed E-state index contributed by atoms with van der Waals surface area (Å²) in [5.41, 5.74) is 7.14. The summed E-state index contributed by atoms with van der Waals surface area (Å²) in [7, 11) is 1.62. The fourth-order valence-corrected chi connectivity index (χ4v) is 5.14. The van der Waals surface area contributed by atoms with Gasteiger partial charge in [0.25, 0.3) is 5.91 Å². The number of ether oxygens (including phenoxy) is 2. The number of carbonyl (C=O) groups is 1. The number of nitrogens with zero attached hydrogens (tertiary/aromatic N) is 3. The first-order chi connectivity index (χ1) is 17.6. The van der Waals surface area contributed by atoms with Crippen molar-refractivity contribution in [3.8, 4) is 16.3 Å². The highest BCUT2D eigenvalue weighted by atomic mass is 32.1. The molecule has 1 aliphatic heterocycles. The van der Waals surface area contributed by atoms with Crippen LogP contribution in [0, 0.1) is 0 Å². The number of morpholine rings is 1. The van der Waals surface area contributed by atoms with Crippen molar-refractivity contribution in [1.82, 2.24) is 20.3 Å². The van der Waals surface area contributed by atoms with Crippen molar-refractivity contribution >= 4 is 34.4 Å². The zero-order valence-electron chi connectivity index (χ0n) is 20.4. The van der Waals surface area contributed by atoms with E-state index in [0.717, 1.165) is 71.1 Å². The molecular weight excluding hydrogens is 474 g/mol. The van der Waals surface area contributed by atoms with Crippen molar-refractivity contribution in [1.29, 1.82) is 0 Å². The molecule has 1 fully saturated rings. The normalized spacial score (nSPS) is 16.0. The molecule has 1 atom stereocenters. The molecule has 2 N–H and O–H groups in total. The lowest BCUT2D eigenvalue weighted by atomic mass is 10.1. The third-order valence-electron chi connectivity index (χ3n) is 6.20. The topological polar surface area (TPSA) is 89.8 Å². The van der Waals surface area contributed by atoms with E-state index in [-0.39, 0.29) is 12.0 Å². The molecule has 36 heavy (non-hydrogen) atoms. The van der Waals surface area contributed by atoms with Crippen molar-refractivity contribution < 1.29 is 14.3 Å². The van der Waals surface area contributed by atoms with E-state index in [0.29, 0.717) is 5.56 Å². The molecule has 1 saturated heterocycles. The standard InChI is InChI=1S/C27H29N5O3S/c1-3-32-16-24(26(33)31-29-14-18-4-7-21(34-2)8-5-18)23-12-19(6-9-25(23)32)27-30-20(17-36-27)13-22-15-28-10-11-35-22/h4-9,12,14,16-17,22,28H,3,10-11,13,15H2,1-2H3,(H,31,33). The molecule has 2 aromatic heterocycles. The van der Waals surface area contributed by atoms with E-state index in [1.807, 2.05) is 36.5 Å². The number of hydrogen-bond acceptors (Lipinski definition) is 7. The van der Waals surface area contributed by atoms with E-state index >= 15 is 0 Å². The molecule has 0 spiro atoms. The second-order valence-electron chi connectivity index (χ2n) is 8.58. The molecule has 0 radical (unpaired) electrons. The summed E-state index contributed by atoms with van der Waals surface area (Å²) in [5, 5.41) is 11.4. The van der Waals surface area contributed by atoms with Gasteiger partial charge in [-0.25, -0.2) is 10.4 Å². The third-order valence-corrected chi connectivity index (χ3v) is 7.14. The Balaban J connectivity index is 1.35. The van der Waals surface area contributed by atoms with E-state index < -0.39 is 0 Å². The number of hydrazone groups is 1. The fourth-order valence-electron chi connectivity index (χ4n) is 4.31. The van der Waals surface area contributed by atoms with Gasteiger partial charge < -0.3 is 19.4 Å². The minimum atomic E-state index is -0.254. The third kappa shape index (κ3) is 5.33. The fraction of sp³-hybridized carbons (Fsp3) is 0.296. The van der Waals surface area contributed by atoms with Crippen molar-refractivity contribution in [3.63, 3.8) is 0 Å². The zero-order chi connectivity index (χ0) is 24.9. The molecule has 1 aliphatic rings. The number of amides is 1. The summed E-state index contributed by atoms with van der Waals surface area (Å²) in [6, 6.07) is 13.6. The van der Waals surface area contributed by atoms with Crippen LogP contribution in [0.5, 0.6) is 5.75 Å². The average Bonchev–Trinajstić information content (AvgIpc) is 3.54. The number of hydrogen-bond donors (Lipinski definition) is 2. The number of thiazole rings is 1. The minimum Gasteiger partial charge on any atom is -0.497 e. The molecule has 4 aromatic rings. The van der Waals surface area contributed by atoms with Crippen molar-refractivity contribution in [2.24, 2.45) is 5.10 Å². The smallest absolute Gasteiger partial charge is 0.273 e. The van der Waals surface area contributed by atoms with Crippen LogP contribution in [0.25, 0.3) is 21.5 Å². The molecule has 1 amide bonds. The Kier molecular flexibility index (Phi) is 7.41. The molecule has 9 heteroatoms. The van der Waals surface area contributed by atoms with Crippen LogP contribution in [0.15, 0.2) is 59.1 Å². The van der Waals surface area contributed by atoms with Gasteiger partial charge in [0, 0.05) is 54.1 Å². The van der Waals surface area contributed by atoms with E-state index in [4.69, 9.17) is 14.5 Å². The highest BCUT2D eigenvalue weighted by Gasteiger charge is 2.18. The SMILES string of the molecule is CCn1cc(C(=O)NN=Cc2ccc(OC)cc2)c2cc(-c3nc(CC4CNCCO4)cs3)ccc21. The van der Waals surface area contributed by atoms with E-state index in [1.54, 1.807) is 24.7 Å². The van der Waals surface area contributed by atoms with Crippen LogP contribution in [0.1, 0.15) is 28.5 Å². The van der Waals surface area contributed by atoms with Crippen LogP contribution in [-0.2, 0) is 17.7 Å². The van der Waals surface area contributed by atoms with Crippen LogP contribution in [-0.4, -0.2) is 54.6 Å². The summed E-state index contributed by atoms with van der Waals surface area (Å²) in [6.07, 6.45) is 4.44. The molecule has 2 aromatic carbocycles. The highest BCUT2D eigenvalue weighted by molar-refractivity contribution is 7.13. The van der Waals surface area contributed by atoms with E-state index in [2.05, 4.69) is 44.8 Å². The maximum atomic E-state index is 13.1. The summed E-state index contributed by atoms with van der Waals surface area (Å²) >= 11 is 1.61. The summed E-state index contributed by atoms with van der Waals surface area (Å²) in [5.74, 6) is 0.516. The molecular formula is C27H29N5O3S. The van der Waals surface area contributed by atoms with Gasteiger partial charge in [-0.15, -0.1) is 11.3 Å². The first kappa shape index (κ1) is 24.2. The molecule has 0 bridgehead atoms. The predicted octanol–water partition coefficient (Wildman–Crippen LogP) is 4.09. The highest BCUT2D eigenvalue weighted by Crippen LogP contribution is 2.30. The summed E-state index contributed by atoms with van der Waals surface area (Å²) in [4.78, 5) is 17.9. The first-order valence-corrected chi connectivity index (χ1v) is 12.9. The molecule has 8 nitrogen and oxygen atoms in total. The molecule has 0 aliphatic carbocycles. The van der Waals surface area contributed by atoms with Gasteiger partial charge in [-0.05, 0) is 55.0 Å². The van der Waals surface area contributed by atoms with Gasteiger partial charge in [0.05, 0.1) is 37.3 Å². The quantitative estimate of drug-likeness (QED) is 0.279. The van der Waals surface area contributed by atoms with Crippen LogP contribution < -0.4 is 15.5 Å². The monoisotopic (exact) mass is 503 g/mol. The Labute approximate surface area is 214 Å². The van der Waals surface area contributed by atoms with Crippen molar-refractivity contribution in [2.75, 3.05) is 26.8 Å². The van der Waals surface area contributed by atoms with Gasteiger partial charge >= 0.3 is 0 Å². The number of methoxy groups -OCH3 is 1. The maximum Gasteiger partial charge on any atom is 0.273 e. The Morgan fingerprint density at radius 3 is 2.94 bits per heavy atom. The van der Waals surface area contributed by atoms with Gasteiger partial charge in [-0.2, -0.15) is 5.10 Å². The Hall–Kier alpha value is -3.53. The lowest BCUT2D eigenvalue weighted by Crippen LogP contribution is -2.39. The van der Waals surface area contributed by atoms with Crippen molar-refractivity contribution in [2.45, 2.75) is 26.0 Å². The Morgan fingerprint density at radius 2 is 2.19 bits per heavy atom. The predicted molar refractivity (Wildman–Crippen MR) is 143 cm³/mol. The maximum absolute atomic E-state index is 13.1. The summed E-state index contributed by atoms with van der Waals surface area (Å²) in [6.45, 7) is 5.31. The molecule has 186 valence electrons. The van der Waals surface area contributed by atoms with Gasteiger partial charge in [-0.1, -0.05) is 0 Å². The average molecular weight is 504 g/mol. The van der Waals surface area contributed by atoms with Gasteiger partial charge in [0.1, 0.15) is 10.8 Å². The lowest BCUT2D eigenvalue weighted by molar-refractivity contribution is 0.0287. The molecule has 0 saturated carbocycles. The number of aryl methyl sites for hydroxylation is 1. The molecule has 5 rings (SSSR count). The number of rotatable bonds is 8. The first-order valence-electron chi connectivity index (χ1n) is 12.0. The minimum absolute atomic E-state index is 0.156. The van der Waals surface area contributed by atoms with E-state index in [9.17, 15) is 4.79 Å². The number of fused-ring (bicyclic) bond motifs is 1. The number of aromatic nitrogens is 2. The Bertz CT molecular complexity index is 1370. The van der Waals surface area contributed by atoms with Crippen LogP contribution >= 0.6 is 11.3 Å². The van der Waals surface area contributed by atoms with Crippen molar-refractivity contribution in [3.05, 3.63) is 70.9 Å². The molecule has 1 unspecified atom stereocenters. The van der Waals surface area contributed by atoms with Gasteiger partial charge in [-0.3, -0.25) is 4.79 Å². The van der Waals surface area contributed by atoms with Crippen LogP contribution in [0.2, 0.25) is 0 Å². The zero-order valence-corrected chi connectivity index (χ0v) is 21.2. The second kappa shape index (κ2) is 11.0. The van der Waals surface area contributed by atoms with Gasteiger partial charge in [0.2, 0.25) is 0 Å². The number of benzene rings is 2. The van der Waals surface area contributed by atoms with Crippen LogP contribution in [0.3, 0.4) is 0 Å². The van der Waals surface area contributed by atoms with Crippen LogP contribution in [0.4, 0.5) is 0 Å². The second-order valence-corrected chi connectivity index (χ2v) is 9.44. The van der Waals surface area contributed by atoms with Gasteiger partial charge in [0.15, 0.2) is 0 Å². The number of carbonyl (C=O) groups excluding carboxylic acids is 1. The summed E-state index contributed by atoms with van der Waals surface area (Å²) < 4.78 is 13.1.